The Morgan fingerprint density at radius 2 is 1.75 bits per heavy atom. The van der Waals surface area contributed by atoms with Crippen LogP contribution in [0.3, 0.4) is 0 Å². The van der Waals surface area contributed by atoms with Crippen molar-refractivity contribution < 1.29 is 26.9 Å². The van der Waals surface area contributed by atoms with Crippen molar-refractivity contribution in [3.63, 3.8) is 0 Å². The van der Waals surface area contributed by atoms with E-state index in [1.54, 1.807) is 12.1 Å². The van der Waals surface area contributed by atoms with Gasteiger partial charge in [-0.05, 0) is 57.1 Å². The minimum absolute atomic E-state index is 0.0187. The highest BCUT2D eigenvalue weighted by atomic mass is 19.4. The number of amides is 1. The number of halogens is 4. The predicted molar refractivity (Wildman–Crippen MR) is 111 cm³/mol. The Labute approximate surface area is 184 Å². The van der Waals surface area contributed by atoms with Crippen molar-refractivity contribution in [2.45, 2.75) is 25.4 Å². The third-order valence-electron chi connectivity index (χ3n) is 5.65. The fraction of sp³-hybridized carbons (Fsp3) is 0.545. The summed E-state index contributed by atoms with van der Waals surface area (Å²) >= 11 is 0. The van der Waals surface area contributed by atoms with Gasteiger partial charge in [0.25, 0.3) is 0 Å². The number of rotatable bonds is 9. The van der Waals surface area contributed by atoms with Gasteiger partial charge in [0.05, 0.1) is 6.20 Å². The molecule has 0 saturated carbocycles. The van der Waals surface area contributed by atoms with Crippen molar-refractivity contribution in [1.29, 1.82) is 0 Å². The van der Waals surface area contributed by atoms with Crippen molar-refractivity contribution in [3.8, 4) is 11.3 Å². The summed E-state index contributed by atoms with van der Waals surface area (Å²) in [6.45, 7) is 4.32. The van der Waals surface area contributed by atoms with Crippen LogP contribution in [-0.2, 0) is 11.2 Å². The lowest BCUT2D eigenvalue weighted by Crippen LogP contribution is -2.46. The van der Waals surface area contributed by atoms with E-state index in [1.807, 2.05) is 7.05 Å². The molecule has 0 unspecified atom stereocenters. The first-order valence-electron chi connectivity index (χ1n) is 10.7. The number of hydrogen-bond donors (Lipinski definition) is 0. The number of piperazine rings is 1. The molecule has 1 aliphatic rings. The van der Waals surface area contributed by atoms with Crippen LogP contribution in [-0.4, -0.2) is 84.8 Å². The van der Waals surface area contributed by atoms with Crippen LogP contribution in [0.25, 0.3) is 11.3 Å². The zero-order valence-electron chi connectivity index (χ0n) is 18.1. The standard InChI is InChI=1S/C22H28F4N4O2/c1-28-12-14-29(15-13-28)9-3-11-30(21(31)22(24,25)26)10-2-4-18-16-27-32-20(18)17-5-7-19(23)8-6-17/h5-8,16H,2-4,9-15H2,1H3. The number of benzene rings is 1. The van der Waals surface area contributed by atoms with Crippen LogP contribution in [0.5, 0.6) is 0 Å². The van der Waals surface area contributed by atoms with Crippen molar-refractivity contribution in [2.75, 3.05) is 52.9 Å². The van der Waals surface area contributed by atoms with Gasteiger partial charge >= 0.3 is 12.1 Å². The molecule has 1 saturated heterocycles. The second kappa shape index (κ2) is 10.9. The molecule has 3 rings (SSSR count). The maximum Gasteiger partial charge on any atom is 0.471 e. The molecule has 1 aromatic heterocycles. The van der Waals surface area contributed by atoms with Gasteiger partial charge in [-0.15, -0.1) is 0 Å². The van der Waals surface area contributed by atoms with Crippen LogP contribution in [0.1, 0.15) is 18.4 Å². The number of aryl methyl sites for hydroxylation is 1. The zero-order valence-corrected chi connectivity index (χ0v) is 18.1. The predicted octanol–water partition coefficient (Wildman–Crippen LogP) is 3.44. The van der Waals surface area contributed by atoms with Gasteiger partial charge in [-0.2, -0.15) is 13.2 Å². The maximum absolute atomic E-state index is 13.1. The first-order valence-corrected chi connectivity index (χ1v) is 10.7. The number of likely N-dealkylation sites (N-methyl/N-ethyl adjacent to an activating group) is 1. The second-order valence-corrected chi connectivity index (χ2v) is 8.08. The molecule has 0 bridgehead atoms. The molecule has 32 heavy (non-hydrogen) atoms. The van der Waals surface area contributed by atoms with Crippen molar-refractivity contribution >= 4 is 5.91 Å². The maximum atomic E-state index is 13.1. The minimum atomic E-state index is -4.90. The van der Waals surface area contributed by atoms with Gasteiger partial charge in [-0.25, -0.2) is 4.39 Å². The molecule has 0 spiro atoms. The SMILES string of the molecule is CN1CCN(CCCN(CCCc2cnoc2-c2ccc(F)cc2)C(=O)C(F)(F)F)CC1. The molecule has 0 atom stereocenters. The van der Waals surface area contributed by atoms with Gasteiger partial charge in [0.1, 0.15) is 5.82 Å². The highest BCUT2D eigenvalue weighted by Gasteiger charge is 2.42. The number of carbonyl (C=O) groups excluding carboxylic acids is 1. The third-order valence-corrected chi connectivity index (χ3v) is 5.65. The van der Waals surface area contributed by atoms with Gasteiger partial charge in [0.15, 0.2) is 5.76 Å². The van der Waals surface area contributed by atoms with E-state index in [-0.39, 0.29) is 18.9 Å². The normalized spacial score (nSPS) is 15.8. The Kier molecular flexibility index (Phi) is 8.25. The number of aromatic nitrogens is 1. The molecule has 1 aromatic carbocycles. The van der Waals surface area contributed by atoms with Crippen LogP contribution in [0, 0.1) is 5.82 Å². The lowest BCUT2D eigenvalue weighted by molar-refractivity contribution is -0.185. The van der Waals surface area contributed by atoms with Gasteiger partial charge in [0.2, 0.25) is 0 Å². The second-order valence-electron chi connectivity index (χ2n) is 8.08. The Morgan fingerprint density at radius 1 is 1.09 bits per heavy atom. The van der Waals surface area contributed by atoms with E-state index in [9.17, 15) is 22.4 Å². The molecule has 2 aromatic rings. The van der Waals surface area contributed by atoms with E-state index in [0.717, 1.165) is 31.1 Å². The van der Waals surface area contributed by atoms with Gasteiger partial charge < -0.3 is 19.2 Å². The van der Waals surface area contributed by atoms with Gasteiger partial charge in [-0.3, -0.25) is 4.79 Å². The van der Waals surface area contributed by atoms with Crippen LogP contribution >= 0.6 is 0 Å². The van der Waals surface area contributed by atoms with Gasteiger partial charge in [0, 0.05) is 50.4 Å². The molecular weight excluding hydrogens is 428 g/mol. The van der Waals surface area contributed by atoms with E-state index < -0.39 is 12.1 Å². The van der Waals surface area contributed by atoms with E-state index >= 15 is 0 Å². The summed E-state index contributed by atoms with van der Waals surface area (Å²) in [4.78, 5) is 17.2. The monoisotopic (exact) mass is 456 g/mol. The van der Waals surface area contributed by atoms with Crippen LogP contribution in [0.4, 0.5) is 17.6 Å². The molecule has 0 radical (unpaired) electrons. The molecular formula is C22H28F4N4O2. The van der Waals surface area contributed by atoms with Crippen molar-refractivity contribution in [2.24, 2.45) is 0 Å². The number of alkyl halides is 3. The first kappa shape index (κ1) is 24.2. The molecule has 0 N–H and O–H groups in total. The molecule has 6 nitrogen and oxygen atoms in total. The Bertz CT molecular complexity index is 862. The summed E-state index contributed by atoms with van der Waals surface area (Å²) in [6, 6.07) is 5.70. The zero-order chi connectivity index (χ0) is 23.1. The highest BCUT2D eigenvalue weighted by Crippen LogP contribution is 2.25. The van der Waals surface area contributed by atoms with E-state index in [1.165, 1.54) is 18.3 Å². The molecule has 176 valence electrons. The molecule has 1 fully saturated rings. The minimum Gasteiger partial charge on any atom is -0.356 e. The average molecular weight is 456 g/mol. The molecule has 2 heterocycles. The Morgan fingerprint density at radius 3 is 2.41 bits per heavy atom. The average Bonchev–Trinajstić information content (AvgIpc) is 3.22. The highest BCUT2D eigenvalue weighted by molar-refractivity contribution is 5.81. The number of nitrogens with zero attached hydrogens (tertiary/aromatic N) is 4. The van der Waals surface area contributed by atoms with Crippen molar-refractivity contribution in [3.05, 3.63) is 41.8 Å². The first-order chi connectivity index (χ1) is 15.2. The Balaban J connectivity index is 1.54. The molecule has 10 heteroatoms. The third kappa shape index (κ3) is 6.77. The van der Waals surface area contributed by atoms with Gasteiger partial charge in [-0.1, -0.05) is 5.16 Å². The summed E-state index contributed by atoms with van der Waals surface area (Å²) in [5.41, 5.74) is 1.34. The fourth-order valence-electron chi connectivity index (χ4n) is 3.79. The topological polar surface area (TPSA) is 52.8 Å². The number of hydrogen-bond acceptors (Lipinski definition) is 5. The van der Waals surface area contributed by atoms with Crippen LogP contribution in [0.15, 0.2) is 35.0 Å². The summed E-state index contributed by atoms with van der Waals surface area (Å²) in [5, 5.41) is 3.76. The molecule has 1 aliphatic heterocycles. The largest absolute Gasteiger partial charge is 0.471 e. The quantitative estimate of drug-likeness (QED) is 0.541. The van der Waals surface area contributed by atoms with E-state index in [0.29, 0.717) is 42.7 Å². The van der Waals surface area contributed by atoms with Crippen molar-refractivity contribution in [1.82, 2.24) is 19.9 Å². The number of carbonyl (C=O) groups is 1. The van der Waals surface area contributed by atoms with Crippen LogP contribution in [0.2, 0.25) is 0 Å². The lowest BCUT2D eigenvalue weighted by Gasteiger charge is -2.33. The summed E-state index contributed by atoms with van der Waals surface area (Å²) in [6.07, 6.45) is -2.20. The van der Waals surface area contributed by atoms with Crippen LogP contribution < -0.4 is 0 Å². The summed E-state index contributed by atoms with van der Waals surface area (Å²) < 4.78 is 57.6. The lowest BCUT2D eigenvalue weighted by atomic mass is 10.1. The Hall–Kier alpha value is -2.46. The smallest absolute Gasteiger partial charge is 0.356 e. The van der Waals surface area contributed by atoms with E-state index in [2.05, 4.69) is 15.0 Å². The summed E-state index contributed by atoms with van der Waals surface area (Å²) in [7, 11) is 2.04. The molecule has 0 aliphatic carbocycles. The van der Waals surface area contributed by atoms with E-state index in [4.69, 9.17) is 4.52 Å². The fourth-order valence-corrected chi connectivity index (χ4v) is 3.79. The molecule has 1 amide bonds. The summed E-state index contributed by atoms with van der Waals surface area (Å²) in [5.74, 6) is -1.73.